The lowest BCUT2D eigenvalue weighted by atomic mass is 10.1. The van der Waals surface area contributed by atoms with Crippen molar-refractivity contribution in [3.05, 3.63) is 71.5 Å². The molecule has 2 aromatic rings. The van der Waals surface area contributed by atoms with Gasteiger partial charge in [0.2, 0.25) is 5.91 Å². The fourth-order valence-electron chi connectivity index (χ4n) is 3.77. The molecule has 2 aromatic carbocycles. The molecule has 0 bridgehead atoms. The second-order valence-corrected chi connectivity index (χ2v) is 7.78. The van der Waals surface area contributed by atoms with Crippen molar-refractivity contribution in [2.24, 2.45) is 0 Å². The highest BCUT2D eigenvalue weighted by molar-refractivity contribution is 5.94. The van der Waals surface area contributed by atoms with Gasteiger partial charge in [-0.05, 0) is 31.0 Å². The molecular weight excluding hydrogens is 369 g/mol. The molecule has 1 saturated carbocycles. The minimum Gasteiger partial charge on any atom is -0.336 e. The van der Waals surface area contributed by atoms with Gasteiger partial charge in [0.1, 0.15) is 5.82 Å². The van der Waals surface area contributed by atoms with Crippen molar-refractivity contribution in [2.45, 2.75) is 25.4 Å². The lowest BCUT2D eigenvalue weighted by Gasteiger charge is -2.35. The number of hydrogen-bond donors (Lipinski definition) is 0. The molecule has 1 aliphatic heterocycles. The number of nitrogens with zero attached hydrogens (tertiary/aromatic N) is 3. The molecule has 1 heterocycles. The number of halogens is 1. The van der Waals surface area contributed by atoms with Crippen LogP contribution in [0.15, 0.2) is 54.6 Å². The Morgan fingerprint density at radius 2 is 1.59 bits per heavy atom. The Balaban J connectivity index is 1.32. The summed E-state index contributed by atoms with van der Waals surface area (Å²) < 4.78 is 14.0. The Kier molecular flexibility index (Phi) is 5.90. The molecule has 2 aliphatic rings. The SMILES string of the molecule is O=C(c1ccccc1)N1CCN(CC(=O)N(Cc2ccccc2F)C2CC2)CC1. The third-order valence-electron chi connectivity index (χ3n) is 5.65. The summed E-state index contributed by atoms with van der Waals surface area (Å²) in [7, 11) is 0. The minimum atomic E-state index is -0.265. The number of hydrogen-bond acceptors (Lipinski definition) is 3. The number of carbonyl (C=O) groups excluding carboxylic acids is 2. The smallest absolute Gasteiger partial charge is 0.253 e. The molecule has 2 amide bonds. The average molecular weight is 395 g/mol. The van der Waals surface area contributed by atoms with Crippen LogP contribution in [0.25, 0.3) is 0 Å². The topological polar surface area (TPSA) is 43.9 Å². The van der Waals surface area contributed by atoms with Crippen LogP contribution >= 0.6 is 0 Å². The summed E-state index contributed by atoms with van der Waals surface area (Å²) in [5.41, 5.74) is 1.26. The van der Waals surface area contributed by atoms with Gasteiger partial charge in [0.25, 0.3) is 5.91 Å². The highest BCUT2D eigenvalue weighted by Crippen LogP contribution is 2.29. The first-order valence-electron chi connectivity index (χ1n) is 10.2. The molecule has 1 aliphatic carbocycles. The Hall–Kier alpha value is -2.73. The van der Waals surface area contributed by atoms with Crippen molar-refractivity contribution in [3.63, 3.8) is 0 Å². The van der Waals surface area contributed by atoms with E-state index < -0.39 is 0 Å². The summed E-state index contributed by atoms with van der Waals surface area (Å²) >= 11 is 0. The largest absolute Gasteiger partial charge is 0.336 e. The first-order chi connectivity index (χ1) is 14.1. The van der Waals surface area contributed by atoms with E-state index in [1.165, 1.54) is 6.07 Å². The van der Waals surface area contributed by atoms with Crippen molar-refractivity contribution >= 4 is 11.8 Å². The maximum atomic E-state index is 14.0. The fourth-order valence-corrected chi connectivity index (χ4v) is 3.77. The van der Waals surface area contributed by atoms with Gasteiger partial charge in [0, 0.05) is 49.9 Å². The third-order valence-corrected chi connectivity index (χ3v) is 5.65. The highest BCUT2D eigenvalue weighted by atomic mass is 19.1. The summed E-state index contributed by atoms with van der Waals surface area (Å²) in [6, 6.07) is 16.2. The predicted molar refractivity (Wildman–Crippen MR) is 109 cm³/mol. The van der Waals surface area contributed by atoms with Crippen LogP contribution in [0.2, 0.25) is 0 Å². The van der Waals surface area contributed by atoms with E-state index in [0.717, 1.165) is 12.8 Å². The van der Waals surface area contributed by atoms with Gasteiger partial charge < -0.3 is 9.80 Å². The summed E-state index contributed by atoms with van der Waals surface area (Å²) in [5.74, 6) is -0.187. The van der Waals surface area contributed by atoms with Crippen LogP contribution in [0.1, 0.15) is 28.8 Å². The molecule has 2 fully saturated rings. The maximum Gasteiger partial charge on any atom is 0.253 e. The Morgan fingerprint density at radius 3 is 2.24 bits per heavy atom. The zero-order valence-electron chi connectivity index (χ0n) is 16.5. The zero-order valence-corrected chi connectivity index (χ0v) is 16.5. The van der Waals surface area contributed by atoms with E-state index >= 15 is 0 Å². The van der Waals surface area contributed by atoms with Crippen LogP contribution < -0.4 is 0 Å². The molecule has 0 unspecified atom stereocenters. The minimum absolute atomic E-state index is 0.0377. The predicted octanol–water partition coefficient (Wildman–Crippen LogP) is 2.77. The molecular formula is C23H26FN3O2. The van der Waals surface area contributed by atoms with Crippen LogP contribution in [0, 0.1) is 5.82 Å². The number of carbonyl (C=O) groups is 2. The molecule has 5 nitrogen and oxygen atoms in total. The normalized spacial score (nSPS) is 17.2. The van der Waals surface area contributed by atoms with E-state index in [9.17, 15) is 14.0 Å². The van der Waals surface area contributed by atoms with E-state index in [0.29, 0.717) is 50.4 Å². The van der Waals surface area contributed by atoms with Gasteiger partial charge in [-0.2, -0.15) is 0 Å². The fraction of sp³-hybridized carbons (Fsp3) is 0.391. The van der Waals surface area contributed by atoms with Gasteiger partial charge in [-0.25, -0.2) is 4.39 Å². The third kappa shape index (κ3) is 4.82. The van der Waals surface area contributed by atoms with E-state index in [1.54, 1.807) is 18.2 Å². The van der Waals surface area contributed by atoms with Crippen LogP contribution in [0.5, 0.6) is 0 Å². The van der Waals surface area contributed by atoms with Gasteiger partial charge in [0.15, 0.2) is 0 Å². The number of benzene rings is 2. The average Bonchev–Trinajstić information content (AvgIpc) is 3.59. The maximum absolute atomic E-state index is 14.0. The molecule has 152 valence electrons. The second kappa shape index (κ2) is 8.74. The van der Waals surface area contributed by atoms with E-state index in [4.69, 9.17) is 0 Å². The van der Waals surface area contributed by atoms with E-state index in [1.807, 2.05) is 40.1 Å². The van der Waals surface area contributed by atoms with Gasteiger partial charge in [-0.1, -0.05) is 36.4 Å². The van der Waals surface area contributed by atoms with Crippen LogP contribution in [0.3, 0.4) is 0 Å². The van der Waals surface area contributed by atoms with Gasteiger partial charge in [-0.15, -0.1) is 0 Å². The number of rotatable bonds is 6. The van der Waals surface area contributed by atoms with Crippen molar-refractivity contribution < 1.29 is 14.0 Å². The molecule has 0 spiro atoms. The number of piperazine rings is 1. The molecule has 0 atom stereocenters. The van der Waals surface area contributed by atoms with Crippen molar-refractivity contribution in [1.82, 2.24) is 14.7 Å². The molecule has 29 heavy (non-hydrogen) atoms. The lowest BCUT2D eigenvalue weighted by molar-refractivity contribution is -0.134. The van der Waals surface area contributed by atoms with E-state index in [-0.39, 0.29) is 23.7 Å². The standard InChI is InChI=1S/C23H26FN3O2/c24-21-9-5-4-8-19(21)16-27(20-10-11-20)22(28)17-25-12-14-26(15-13-25)23(29)18-6-2-1-3-7-18/h1-9,20H,10-17H2. The second-order valence-electron chi connectivity index (χ2n) is 7.78. The molecule has 4 rings (SSSR count). The van der Waals surface area contributed by atoms with Crippen molar-refractivity contribution in [3.8, 4) is 0 Å². The molecule has 1 saturated heterocycles. The van der Waals surface area contributed by atoms with Crippen LogP contribution in [0.4, 0.5) is 4.39 Å². The first kappa shape index (κ1) is 19.6. The van der Waals surface area contributed by atoms with Crippen LogP contribution in [-0.4, -0.2) is 65.3 Å². The summed E-state index contributed by atoms with van der Waals surface area (Å²) in [6.45, 7) is 3.20. The molecule has 0 N–H and O–H groups in total. The number of amides is 2. The Labute approximate surface area is 170 Å². The van der Waals surface area contributed by atoms with Gasteiger partial charge >= 0.3 is 0 Å². The van der Waals surface area contributed by atoms with Crippen molar-refractivity contribution in [1.29, 1.82) is 0 Å². The highest BCUT2D eigenvalue weighted by Gasteiger charge is 2.34. The lowest BCUT2D eigenvalue weighted by Crippen LogP contribution is -2.51. The Bertz CT molecular complexity index is 861. The first-order valence-corrected chi connectivity index (χ1v) is 10.2. The summed E-state index contributed by atoms with van der Waals surface area (Å²) in [6.07, 6.45) is 1.97. The summed E-state index contributed by atoms with van der Waals surface area (Å²) in [4.78, 5) is 31.2. The quantitative estimate of drug-likeness (QED) is 0.756. The molecule has 0 radical (unpaired) electrons. The Morgan fingerprint density at radius 1 is 0.931 bits per heavy atom. The molecule has 0 aromatic heterocycles. The molecule has 6 heteroatoms. The van der Waals surface area contributed by atoms with Crippen molar-refractivity contribution in [2.75, 3.05) is 32.7 Å². The van der Waals surface area contributed by atoms with E-state index in [2.05, 4.69) is 4.90 Å². The van der Waals surface area contributed by atoms with Gasteiger partial charge in [0.05, 0.1) is 6.54 Å². The van der Waals surface area contributed by atoms with Crippen LogP contribution in [-0.2, 0) is 11.3 Å². The van der Waals surface area contributed by atoms with Gasteiger partial charge in [-0.3, -0.25) is 14.5 Å². The monoisotopic (exact) mass is 395 g/mol. The summed E-state index contributed by atoms with van der Waals surface area (Å²) in [5, 5.41) is 0. The zero-order chi connectivity index (χ0) is 20.2.